The van der Waals surface area contributed by atoms with Crippen LogP contribution < -0.4 is 5.32 Å². The molecule has 22 heavy (non-hydrogen) atoms. The molecule has 2 aromatic carbocycles. The molecule has 110 valence electrons. The number of anilines is 1. The second kappa shape index (κ2) is 5.60. The minimum absolute atomic E-state index is 0.103. The summed E-state index contributed by atoms with van der Waals surface area (Å²) in [6.45, 7) is 6.09. The van der Waals surface area contributed by atoms with Crippen LogP contribution in [0.3, 0.4) is 0 Å². The van der Waals surface area contributed by atoms with E-state index in [1.165, 1.54) is 5.56 Å². The minimum Gasteiger partial charge on any atom is -0.321 e. The van der Waals surface area contributed by atoms with Gasteiger partial charge in [-0.15, -0.1) is 0 Å². The van der Waals surface area contributed by atoms with Gasteiger partial charge in [0.1, 0.15) is 0 Å². The van der Waals surface area contributed by atoms with Crippen molar-refractivity contribution in [1.29, 1.82) is 0 Å². The summed E-state index contributed by atoms with van der Waals surface area (Å²) in [5.74, 6) is -0.103. The number of hydrogen-bond acceptors (Lipinski definition) is 2. The molecule has 0 aliphatic rings. The first-order chi connectivity index (χ1) is 10.6. The van der Waals surface area contributed by atoms with E-state index in [1.54, 1.807) is 12.3 Å². The van der Waals surface area contributed by atoms with E-state index in [2.05, 4.69) is 29.4 Å². The van der Waals surface area contributed by atoms with Crippen LogP contribution in [0.25, 0.3) is 10.9 Å². The molecule has 1 heterocycles. The molecule has 0 aliphatic carbocycles. The van der Waals surface area contributed by atoms with E-state index in [0.29, 0.717) is 5.56 Å². The summed E-state index contributed by atoms with van der Waals surface area (Å²) < 4.78 is 0. The summed E-state index contributed by atoms with van der Waals surface area (Å²) in [7, 11) is 0. The largest absolute Gasteiger partial charge is 0.321 e. The van der Waals surface area contributed by atoms with Crippen molar-refractivity contribution >= 4 is 22.5 Å². The molecule has 3 rings (SSSR count). The molecule has 0 radical (unpaired) electrons. The van der Waals surface area contributed by atoms with E-state index in [-0.39, 0.29) is 5.91 Å². The number of rotatable bonds is 2. The number of pyridine rings is 1. The lowest BCUT2D eigenvalue weighted by Crippen LogP contribution is -2.14. The lowest BCUT2D eigenvalue weighted by molar-refractivity contribution is 0.102. The van der Waals surface area contributed by atoms with Crippen LogP contribution in [-0.4, -0.2) is 10.9 Å². The molecule has 0 fully saturated rings. The normalized spacial score (nSPS) is 10.7. The van der Waals surface area contributed by atoms with E-state index in [1.807, 2.05) is 38.1 Å². The molecule has 0 spiro atoms. The van der Waals surface area contributed by atoms with Crippen molar-refractivity contribution in [3.8, 4) is 0 Å². The van der Waals surface area contributed by atoms with Crippen molar-refractivity contribution in [1.82, 2.24) is 4.98 Å². The Bertz CT molecular complexity index is 840. The Morgan fingerprint density at radius 2 is 1.68 bits per heavy atom. The van der Waals surface area contributed by atoms with Crippen molar-refractivity contribution in [2.45, 2.75) is 20.8 Å². The highest BCUT2D eigenvalue weighted by atomic mass is 16.1. The number of carbonyl (C=O) groups excluding carboxylic acids is 1. The average Bonchev–Trinajstić information content (AvgIpc) is 2.50. The van der Waals surface area contributed by atoms with E-state index in [4.69, 9.17) is 0 Å². The second-order valence-corrected chi connectivity index (χ2v) is 5.60. The number of amides is 1. The highest BCUT2D eigenvalue weighted by molar-refractivity contribution is 6.12. The van der Waals surface area contributed by atoms with Gasteiger partial charge >= 0.3 is 0 Å². The van der Waals surface area contributed by atoms with Crippen molar-refractivity contribution < 1.29 is 4.79 Å². The highest BCUT2D eigenvalue weighted by Gasteiger charge is 2.13. The molecule has 3 aromatic rings. The van der Waals surface area contributed by atoms with Crippen LogP contribution in [0.4, 0.5) is 5.69 Å². The third-order valence-corrected chi connectivity index (χ3v) is 3.81. The summed E-state index contributed by atoms with van der Waals surface area (Å²) in [4.78, 5) is 17.0. The Hall–Kier alpha value is -2.68. The first kappa shape index (κ1) is 14.3. The third-order valence-electron chi connectivity index (χ3n) is 3.81. The SMILES string of the molecule is Cc1cc(C)c(NC(=O)c2ccnc3ccccc23)c(C)c1. The molecule has 0 saturated carbocycles. The Morgan fingerprint density at radius 1 is 1.00 bits per heavy atom. The van der Waals surface area contributed by atoms with Gasteiger partial charge in [-0.1, -0.05) is 35.9 Å². The van der Waals surface area contributed by atoms with Gasteiger partial charge in [-0.05, 0) is 44.0 Å². The van der Waals surface area contributed by atoms with Crippen LogP contribution in [0.1, 0.15) is 27.0 Å². The van der Waals surface area contributed by atoms with E-state index in [9.17, 15) is 4.79 Å². The van der Waals surface area contributed by atoms with E-state index >= 15 is 0 Å². The zero-order valence-electron chi connectivity index (χ0n) is 13.0. The molecule has 0 bridgehead atoms. The number of benzene rings is 2. The van der Waals surface area contributed by atoms with Crippen LogP contribution in [0.2, 0.25) is 0 Å². The van der Waals surface area contributed by atoms with Gasteiger partial charge in [0.05, 0.1) is 11.1 Å². The number of fused-ring (bicyclic) bond motifs is 1. The molecule has 1 amide bonds. The summed E-state index contributed by atoms with van der Waals surface area (Å²) in [5, 5.41) is 3.91. The number of nitrogens with zero attached hydrogens (tertiary/aromatic N) is 1. The van der Waals surface area contributed by atoms with Gasteiger partial charge in [-0.25, -0.2) is 0 Å². The monoisotopic (exact) mass is 290 g/mol. The van der Waals surface area contributed by atoms with Gasteiger partial charge < -0.3 is 5.32 Å². The van der Waals surface area contributed by atoms with Crippen LogP contribution in [0.5, 0.6) is 0 Å². The maximum absolute atomic E-state index is 12.7. The molecular weight excluding hydrogens is 272 g/mol. The number of hydrogen-bond donors (Lipinski definition) is 1. The van der Waals surface area contributed by atoms with Crippen LogP contribution >= 0.6 is 0 Å². The van der Waals surface area contributed by atoms with Crippen molar-refractivity contribution in [2.24, 2.45) is 0 Å². The lowest BCUT2D eigenvalue weighted by Gasteiger charge is -2.13. The standard InChI is InChI=1S/C19H18N2O/c1-12-10-13(2)18(14(3)11-12)21-19(22)16-8-9-20-17-7-5-4-6-15(16)17/h4-11H,1-3H3,(H,21,22). The highest BCUT2D eigenvalue weighted by Crippen LogP contribution is 2.24. The zero-order chi connectivity index (χ0) is 15.7. The van der Waals surface area contributed by atoms with Gasteiger partial charge in [-0.3, -0.25) is 9.78 Å². The molecule has 0 atom stereocenters. The van der Waals surface area contributed by atoms with E-state index < -0.39 is 0 Å². The fourth-order valence-corrected chi connectivity index (χ4v) is 2.85. The lowest BCUT2D eigenvalue weighted by atomic mass is 10.0. The molecule has 0 saturated heterocycles. The molecule has 0 unspecified atom stereocenters. The maximum atomic E-state index is 12.7. The fraction of sp³-hybridized carbons (Fsp3) is 0.158. The summed E-state index contributed by atoms with van der Waals surface area (Å²) in [6, 6.07) is 13.6. The topological polar surface area (TPSA) is 42.0 Å². The van der Waals surface area contributed by atoms with Gasteiger partial charge in [0.25, 0.3) is 5.91 Å². The van der Waals surface area contributed by atoms with Gasteiger partial charge in [-0.2, -0.15) is 0 Å². The number of nitrogens with one attached hydrogen (secondary N) is 1. The predicted octanol–water partition coefficient (Wildman–Crippen LogP) is 4.41. The number of aryl methyl sites for hydroxylation is 3. The Labute approximate surface area is 130 Å². The number of aromatic nitrogens is 1. The third kappa shape index (κ3) is 2.58. The Balaban J connectivity index is 2.01. The quantitative estimate of drug-likeness (QED) is 0.759. The summed E-state index contributed by atoms with van der Waals surface area (Å²) in [6.07, 6.45) is 1.67. The van der Waals surface area contributed by atoms with Crippen LogP contribution in [0, 0.1) is 20.8 Å². The smallest absolute Gasteiger partial charge is 0.256 e. The molecule has 0 aliphatic heterocycles. The first-order valence-corrected chi connectivity index (χ1v) is 7.29. The minimum atomic E-state index is -0.103. The van der Waals surface area contributed by atoms with Crippen molar-refractivity contribution in [3.05, 3.63) is 70.9 Å². The fourth-order valence-electron chi connectivity index (χ4n) is 2.85. The predicted molar refractivity (Wildman–Crippen MR) is 90.3 cm³/mol. The second-order valence-electron chi connectivity index (χ2n) is 5.60. The van der Waals surface area contributed by atoms with E-state index in [0.717, 1.165) is 27.7 Å². The molecule has 1 aromatic heterocycles. The van der Waals surface area contributed by atoms with Crippen LogP contribution in [-0.2, 0) is 0 Å². The van der Waals surface area contributed by atoms with Gasteiger partial charge in [0.15, 0.2) is 0 Å². The molecule has 1 N–H and O–H groups in total. The summed E-state index contributed by atoms with van der Waals surface area (Å²) >= 11 is 0. The maximum Gasteiger partial charge on any atom is 0.256 e. The Morgan fingerprint density at radius 3 is 2.41 bits per heavy atom. The average molecular weight is 290 g/mol. The number of carbonyl (C=O) groups is 1. The summed E-state index contributed by atoms with van der Waals surface area (Å²) in [5.41, 5.74) is 5.70. The number of para-hydroxylation sites is 1. The van der Waals surface area contributed by atoms with Crippen LogP contribution in [0.15, 0.2) is 48.7 Å². The molecule has 3 heteroatoms. The molecular formula is C19H18N2O. The van der Waals surface area contributed by atoms with Crippen molar-refractivity contribution in [3.63, 3.8) is 0 Å². The van der Waals surface area contributed by atoms with Gasteiger partial charge in [0.2, 0.25) is 0 Å². The zero-order valence-corrected chi connectivity index (χ0v) is 13.0. The first-order valence-electron chi connectivity index (χ1n) is 7.29. The van der Waals surface area contributed by atoms with Gasteiger partial charge in [0, 0.05) is 17.3 Å². The molecule has 3 nitrogen and oxygen atoms in total. The Kier molecular flexibility index (Phi) is 3.63. The van der Waals surface area contributed by atoms with Crippen molar-refractivity contribution in [2.75, 3.05) is 5.32 Å².